The van der Waals surface area contributed by atoms with Crippen molar-refractivity contribution in [2.75, 3.05) is 13.1 Å². The smallest absolute Gasteiger partial charge is 0.269 e. The number of non-ortho nitro benzene ring substituents is 1. The van der Waals surface area contributed by atoms with E-state index in [9.17, 15) is 24.1 Å². The lowest BCUT2D eigenvalue weighted by molar-refractivity contribution is -0.384. The molecule has 1 saturated carbocycles. The lowest BCUT2D eigenvalue weighted by Crippen LogP contribution is -2.47. The highest BCUT2D eigenvalue weighted by atomic mass is 19.1. The van der Waals surface area contributed by atoms with E-state index in [1.165, 1.54) is 36.4 Å². The minimum Gasteiger partial charge on any atom is -0.345 e. The topological polar surface area (TPSA) is 88.7 Å². The van der Waals surface area contributed by atoms with E-state index in [1.807, 2.05) is 23.2 Å². The zero-order chi connectivity index (χ0) is 29.2. The standard InChI is InChI=1S/C32H39FN4O4/c1-2-3-7-20-35(32(39)26-14-18-29(19-15-26)37(40)41)24-31(38)36(28-9-5-4-6-10-28)23-30-11-8-21-34(30)22-25-12-16-27(33)17-13-25/h8,11-19,21,28H,2-7,9-10,20,22-24H2,1H3. The van der Waals surface area contributed by atoms with Crippen LogP contribution in [-0.2, 0) is 17.9 Å². The quantitative estimate of drug-likeness (QED) is 0.134. The number of carbonyl (C=O) groups is 2. The predicted octanol–water partition coefficient (Wildman–Crippen LogP) is 6.58. The maximum atomic E-state index is 14.0. The first-order valence-corrected chi connectivity index (χ1v) is 14.6. The van der Waals surface area contributed by atoms with Crippen LogP contribution in [0, 0.1) is 15.9 Å². The van der Waals surface area contributed by atoms with Crippen LogP contribution in [0.4, 0.5) is 10.1 Å². The van der Waals surface area contributed by atoms with Gasteiger partial charge in [0, 0.05) is 48.7 Å². The van der Waals surface area contributed by atoms with E-state index in [0.717, 1.165) is 62.6 Å². The number of nitro groups is 1. The number of nitrogens with zero attached hydrogens (tertiary/aromatic N) is 4. The summed E-state index contributed by atoms with van der Waals surface area (Å²) in [6.07, 6.45) is 9.78. The SMILES string of the molecule is CCCCCN(CC(=O)N(Cc1cccn1Cc1ccc(F)cc1)C1CCCCC1)C(=O)c1ccc([N+](=O)[O-])cc1. The Kier molecular flexibility index (Phi) is 10.6. The molecule has 0 bridgehead atoms. The van der Waals surface area contributed by atoms with Gasteiger partial charge in [-0.1, -0.05) is 51.2 Å². The molecule has 4 rings (SSSR count). The molecule has 0 atom stereocenters. The second-order valence-electron chi connectivity index (χ2n) is 10.8. The van der Waals surface area contributed by atoms with Gasteiger partial charge in [-0.05, 0) is 61.2 Å². The number of hydrogen-bond donors (Lipinski definition) is 0. The summed E-state index contributed by atoms with van der Waals surface area (Å²) >= 11 is 0. The zero-order valence-corrected chi connectivity index (χ0v) is 23.7. The van der Waals surface area contributed by atoms with Gasteiger partial charge in [0.1, 0.15) is 12.4 Å². The molecule has 1 aliphatic rings. The van der Waals surface area contributed by atoms with Crippen molar-refractivity contribution in [3.63, 3.8) is 0 Å². The number of hydrogen-bond acceptors (Lipinski definition) is 4. The number of aromatic nitrogens is 1. The summed E-state index contributed by atoms with van der Waals surface area (Å²) in [6.45, 7) is 3.46. The molecule has 0 unspecified atom stereocenters. The Labute approximate surface area is 240 Å². The fourth-order valence-electron chi connectivity index (χ4n) is 5.49. The molecule has 8 nitrogen and oxygen atoms in total. The fourth-order valence-corrected chi connectivity index (χ4v) is 5.49. The lowest BCUT2D eigenvalue weighted by Gasteiger charge is -2.36. The van der Waals surface area contributed by atoms with Crippen LogP contribution < -0.4 is 0 Å². The Balaban J connectivity index is 1.54. The number of benzene rings is 2. The maximum Gasteiger partial charge on any atom is 0.269 e. The van der Waals surface area contributed by atoms with E-state index in [4.69, 9.17) is 0 Å². The average molecular weight is 563 g/mol. The van der Waals surface area contributed by atoms with E-state index in [1.54, 1.807) is 17.0 Å². The summed E-state index contributed by atoms with van der Waals surface area (Å²) < 4.78 is 15.5. The van der Waals surface area contributed by atoms with Gasteiger partial charge in [0.2, 0.25) is 5.91 Å². The molecule has 0 radical (unpaired) electrons. The lowest BCUT2D eigenvalue weighted by atomic mass is 9.94. The Morgan fingerprint density at radius 1 is 1.00 bits per heavy atom. The van der Waals surface area contributed by atoms with Crippen LogP contribution in [0.3, 0.4) is 0 Å². The number of nitro benzene ring substituents is 1. The van der Waals surface area contributed by atoms with Crippen molar-refractivity contribution in [3.05, 3.63) is 99.6 Å². The molecular formula is C32H39FN4O4. The molecule has 3 aromatic rings. The molecule has 0 spiro atoms. The Morgan fingerprint density at radius 2 is 1.71 bits per heavy atom. The van der Waals surface area contributed by atoms with Crippen molar-refractivity contribution in [2.24, 2.45) is 0 Å². The van der Waals surface area contributed by atoms with Crippen molar-refractivity contribution >= 4 is 17.5 Å². The number of unbranched alkanes of at least 4 members (excludes halogenated alkanes) is 2. The van der Waals surface area contributed by atoms with E-state index in [-0.39, 0.29) is 35.9 Å². The van der Waals surface area contributed by atoms with Crippen LogP contribution in [0.2, 0.25) is 0 Å². The van der Waals surface area contributed by atoms with Crippen LogP contribution in [0.25, 0.3) is 0 Å². The minimum atomic E-state index is -0.495. The van der Waals surface area contributed by atoms with Crippen LogP contribution in [-0.4, -0.2) is 50.2 Å². The fraction of sp³-hybridized carbons (Fsp3) is 0.438. The molecule has 1 aromatic heterocycles. The number of carbonyl (C=O) groups excluding carboxylic acids is 2. The Hall–Kier alpha value is -4.01. The minimum absolute atomic E-state index is 0.0469. The van der Waals surface area contributed by atoms with Gasteiger partial charge in [-0.3, -0.25) is 19.7 Å². The second kappa shape index (κ2) is 14.6. The Morgan fingerprint density at radius 3 is 2.37 bits per heavy atom. The molecule has 1 aliphatic carbocycles. The van der Waals surface area contributed by atoms with Gasteiger partial charge >= 0.3 is 0 Å². The predicted molar refractivity (Wildman–Crippen MR) is 156 cm³/mol. The van der Waals surface area contributed by atoms with Crippen molar-refractivity contribution in [1.82, 2.24) is 14.4 Å². The van der Waals surface area contributed by atoms with Gasteiger partial charge in [-0.15, -0.1) is 0 Å². The van der Waals surface area contributed by atoms with Crippen LogP contribution >= 0.6 is 0 Å². The molecule has 2 aromatic carbocycles. The van der Waals surface area contributed by atoms with Gasteiger partial charge in [0.15, 0.2) is 0 Å². The third-order valence-electron chi connectivity index (χ3n) is 7.83. The molecule has 1 heterocycles. The summed E-state index contributed by atoms with van der Waals surface area (Å²) in [5.41, 5.74) is 2.20. The molecule has 2 amide bonds. The molecular weight excluding hydrogens is 523 g/mol. The number of amides is 2. The monoisotopic (exact) mass is 562 g/mol. The highest BCUT2D eigenvalue weighted by Crippen LogP contribution is 2.25. The highest BCUT2D eigenvalue weighted by molar-refractivity contribution is 5.96. The van der Waals surface area contributed by atoms with E-state index < -0.39 is 4.92 Å². The third-order valence-corrected chi connectivity index (χ3v) is 7.83. The first kappa shape index (κ1) is 30.0. The summed E-state index contributed by atoms with van der Waals surface area (Å²) in [5.74, 6) is -0.673. The third kappa shape index (κ3) is 8.25. The van der Waals surface area contributed by atoms with Crippen LogP contribution in [0.5, 0.6) is 0 Å². The molecule has 0 saturated heterocycles. The second-order valence-corrected chi connectivity index (χ2v) is 10.8. The molecule has 0 aliphatic heterocycles. The molecule has 41 heavy (non-hydrogen) atoms. The van der Waals surface area contributed by atoms with Crippen molar-refractivity contribution in [2.45, 2.75) is 77.4 Å². The normalized spacial score (nSPS) is 13.6. The molecule has 218 valence electrons. The summed E-state index contributed by atoms with van der Waals surface area (Å²) in [7, 11) is 0. The van der Waals surface area contributed by atoms with Crippen molar-refractivity contribution in [1.29, 1.82) is 0 Å². The Bertz CT molecular complexity index is 1300. The molecule has 0 N–H and O–H groups in total. The largest absolute Gasteiger partial charge is 0.345 e. The van der Waals surface area contributed by atoms with Gasteiger partial charge in [-0.2, -0.15) is 0 Å². The van der Waals surface area contributed by atoms with E-state index in [2.05, 4.69) is 11.5 Å². The zero-order valence-electron chi connectivity index (χ0n) is 23.7. The van der Waals surface area contributed by atoms with E-state index >= 15 is 0 Å². The van der Waals surface area contributed by atoms with Gasteiger partial charge in [0.25, 0.3) is 11.6 Å². The summed E-state index contributed by atoms with van der Waals surface area (Å²) in [5, 5.41) is 11.1. The highest BCUT2D eigenvalue weighted by Gasteiger charge is 2.29. The average Bonchev–Trinajstić information content (AvgIpc) is 3.43. The molecule has 1 fully saturated rings. The summed E-state index contributed by atoms with van der Waals surface area (Å²) in [4.78, 5) is 41.6. The maximum absolute atomic E-state index is 14.0. The van der Waals surface area contributed by atoms with Crippen LogP contribution in [0.1, 0.15) is 79.9 Å². The first-order chi connectivity index (χ1) is 19.9. The number of rotatable bonds is 13. The van der Waals surface area contributed by atoms with Gasteiger partial charge in [-0.25, -0.2) is 4.39 Å². The van der Waals surface area contributed by atoms with E-state index in [0.29, 0.717) is 25.2 Å². The van der Waals surface area contributed by atoms with Crippen LogP contribution in [0.15, 0.2) is 66.9 Å². The molecule has 9 heteroatoms. The summed E-state index contributed by atoms with van der Waals surface area (Å²) in [6, 6.07) is 16.0. The van der Waals surface area contributed by atoms with Crippen molar-refractivity contribution in [3.8, 4) is 0 Å². The van der Waals surface area contributed by atoms with Gasteiger partial charge in [0.05, 0.1) is 11.5 Å². The van der Waals surface area contributed by atoms with Crippen molar-refractivity contribution < 1.29 is 18.9 Å². The number of halogens is 1. The first-order valence-electron chi connectivity index (χ1n) is 14.6. The van der Waals surface area contributed by atoms with Gasteiger partial charge < -0.3 is 14.4 Å².